The number of hydrogen-bond donors (Lipinski definition) is 4. The minimum atomic E-state index is -0.658. The van der Waals surface area contributed by atoms with Crippen LogP contribution < -0.4 is 21.3 Å². The topological polar surface area (TPSA) is 101 Å². The third-order valence-corrected chi connectivity index (χ3v) is 8.69. The van der Waals surface area contributed by atoms with Crippen molar-refractivity contribution in [2.45, 2.75) is 53.0 Å². The molecule has 0 aliphatic rings. The standard InChI is InChI=1S/C40H42N4O4S2/c1-25(2)34(37(45)47-23-27-14-7-5-8-15-27)42-39(49)41-33-21-13-20-31-32(33)22-29-18-11-12-19-30(29)36(31)44-40(50)43-35(26(3)4)38(46)48-24-28-16-9-6-10-17-28/h5-22,25-26,34-35H,23-24H2,1-4H3,(H2,41,42,49)(H2,43,44,50). The lowest BCUT2D eigenvalue weighted by molar-refractivity contribution is -0.149. The van der Waals surface area contributed by atoms with Crippen LogP contribution in [-0.2, 0) is 32.3 Å². The molecule has 5 aromatic carbocycles. The fraction of sp³-hybridized carbons (Fsp3) is 0.250. The number of esters is 2. The number of hydrogen-bond acceptors (Lipinski definition) is 6. The monoisotopic (exact) mass is 706 g/mol. The molecule has 10 heteroatoms. The fourth-order valence-corrected chi connectivity index (χ4v) is 6.02. The minimum absolute atomic E-state index is 0.0796. The van der Waals surface area contributed by atoms with Crippen molar-refractivity contribution in [3.63, 3.8) is 0 Å². The van der Waals surface area contributed by atoms with E-state index < -0.39 is 12.1 Å². The average molecular weight is 707 g/mol. The Bertz CT molecular complexity index is 1970. The van der Waals surface area contributed by atoms with E-state index in [4.69, 9.17) is 33.9 Å². The molecule has 2 atom stereocenters. The van der Waals surface area contributed by atoms with E-state index >= 15 is 0 Å². The number of carbonyl (C=O) groups excluding carboxylic acids is 2. The van der Waals surface area contributed by atoms with Crippen LogP contribution >= 0.6 is 24.4 Å². The zero-order chi connectivity index (χ0) is 35.6. The number of rotatable bonds is 12. The van der Waals surface area contributed by atoms with Gasteiger partial charge in [-0.2, -0.15) is 0 Å². The summed E-state index contributed by atoms with van der Waals surface area (Å²) >= 11 is 11.5. The third kappa shape index (κ3) is 9.34. The normalized spacial score (nSPS) is 12.3. The molecule has 0 spiro atoms. The van der Waals surface area contributed by atoms with E-state index in [0.717, 1.165) is 44.0 Å². The van der Waals surface area contributed by atoms with Crippen LogP contribution in [0.5, 0.6) is 0 Å². The Morgan fingerprint density at radius 1 is 0.580 bits per heavy atom. The lowest BCUT2D eigenvalue weighted by Crippen LogP contribution is -2.47. The van der Waals surface area contributed by atoms with Crippen LogP contribution in [0.15, 0.2) is 109 Å². The summed E-state index contributed by atoms with van der Waals surface area (Å²) in [6.45, 7) is 8.13. The first-order chi connectivity index (χ1) is 24.1. The summed E-state index contributed by atoms with van der Waals surface area (Å²) in [6.07, 6.45) is 0. The first-order valence-electron chi connectivity index (χ1n) is 16.6. The summed E-state index contributed by atoms with van der Waals surface area (Å²) in [6, 6.07) is 33.8. The molecule has 258 valence electrons. The first-order valence-corrected chi connectivity index (χ1v) is 17.4. The van der Waals surface area contributed by atoms with E-state index in [9.17, 15) is 9.59 Å². The van der Waals surface area contributed by atoms with Crippen LogP contribution in [0.25, 0.3) is 21.5 Å². The smallest absolute Gasteiger partial charge is 0.329 e. The molecule has 0 aliphatic heterocycles. The van der Waals surface area contributed by atoms with Crippen LogP contribution in [0.1, 0.15) is 38.8 Å². The molecule has 5 rings (SSSR count). The van der Waals surface area contributed by atoms with Gasteiger partial charge in [0.15, 0.2) is 10.2 Å². The lowest BCUT2D eigenvalue weighted by atomic mass is 9.99. The Morgan fingerprint density at radius 2 is 1.06 bits per heavy atom. The zero-order valence-corrected chi connectivity index (χ0v) is 30.2. The van der Waals surface area contributed by atoms with Gasteiger partial charge in [-0.05, 0) is 64.9 Å². The van der Waals surface area contributed by atoms with Gasteiger partial charge >= 0.3 is 11.9 Å². The van der Waals surface area contributed by atoms with Gasteiger partial charge in [0.25, 0.3) is 0 Å². The molecule has 0 fully saturated rings. The van der Waals surface area contributed by atoms with E-state index in [1.165, 1.54) is 0 Å². The van der Waals surface area contributed by atoms with Gasteiger partial charge in [-0.3, -0.25) is 0 Å². The number of anilines is 2. The second-order valence-electron chi connectivity index (χ2n) is 12.7. The maximum Gasteiger partial charge on any atom is 0.329 e. The first kappa shape index (κ1) is 36.2. The van der Waals surface area contributed by atoms with Crippen LogP contribution in [-0.4, -0.2) is 34.2 Å². The van der Waals surface area contributed by atoms with E-state index in [1.54, 1.807) is 0 Å². The predicted molar refractivity (Wildman–Crippen MR) is 210 cm³/mol. The average Bonchev–Trinajstić information content (AvgIpc) is 3.11. The second-order valence-corrected chi connectivity index (χ2v) is 13.5. The highest BCUT2D eigenvalue weighted by Gasteiger charge is 2.26. The van der Waals surface area contributed by atoms with Crippen molar-refractivity contribution in [3.05, 3.63) is 120 Å². The van der Waals surface area contributed by atoms with Gasteiger partial charge in [0.2, 0.25) is 0 Å². The molecule has 8 nitrogen and oxygen atoms in total. The highest BCUT2D eigenvalue weighted by atomic mass is 32.1. The van der Waals surface area contributed by atoms with Crippen molar-refractivity contribution in [2.24, 2.45) is 11.8 Å². The number of thiocarbonyl (C=S) groups is 2. The molecule has 4 N–H and O–H groups in total. The van der Waals surface area contributed by atoms with Gasteiger partial charge in [0, 0.05) is 21.8 Å². The Kier molecular flexibility index (Phi) is 12.4. The summed E-state index contributed by atoms with van der Waals surface area (Å²) in [5, 5.41) is 17.4. The highest BCUT2D eigenvalue weighted by Crippen LogP contribution is 2.36. The van der Waals surface area contributed by atoms with E-state index in [2.05, 4.69) is 27.3 Å². The van der Waals surface area contributed by atoms with Gasteiger partial charge in [0.1, 0.15) is 25.3 Å². The number of nitrogens with one attached hydrogen (secondary N) is 4. The van der Waals surface area contributed by atoms with Gasteiger partial charge in [0.05, 0.1) is 5.69 Å². The second kappa shape index (κ2) is 17.0. The molecular weight excluding hydrogens is 665 g/mol. The Hall–Kier alpha value is -5.06. The molecular formula is C40H42N4O4S2. The van der Waals surface area contributed by atoms with Gasteiger partial charge < -0.3 is 30.7 Å². The zero-order valence-electron chi connectivity index (χ0n) is 28.6. The molecule has 0 heterocycles. The van der Waals surface area contributed by atoms with Gasteiger partial charge in [-0.1, -0.05) is 125 Å². The number of fused-ring (bicyclic) bond motifs is 2. The van der Waals surface area contributed by atoms with Crippen LogP contribution in [0.2, 0.25) is 0 Å². The lowest BCUT2D eigenvalue weighted by Gasteiger charge is -2.24. The largest absolute Gasteiger partial charge is 0.459 e. The molecule has 0 saturated carbocycles. The van der Waals surface area contributed by atoms with Gasteiger partial charge in [-0.25, -0.2) is 9.59 Å². The maximum atomic E-state index is 13.2. The molecule has 0 bridgehead atoms. The molecule has 2 unspecified atom stereocenters. The van der Waals surface area contributed by atoms with E-state index in [-0.39, 0.29) is 37.0 Å². The minimum Gasteiger partial charge on any atom is -0.459 e. The van der Waals surface area contributed by atoms with Crippen molar-refractivity contribution in [3.8, 4) is 0 Å². The highest BCUT2D eigenvalue weighted by molar-refractivity contribution is 7.80. The maximum absolute atomic E-state index is 13.2. The number of carbonyl (C=O) groups is 2. The summed E-state index contributed by atoms with van der Waals surface area (Å²) in [4.78, 5) is 26.2. The molecule has 50 heavy (non-hydrogen) atoms. The summed E-state index contributed by atoms with van der Waals surface area (Å²) in [7, 11) is 0. The Morgan fingerprint density at radius 3 is 1.60 bits per heavy atom. The van der Waals surface area contributed by atoms with Crippen molar-refractivity contribution in [1.29, 1.82) is 0 Å². The number of ether oxygens (including phenoxy) is 2. The van der Waals surface area contributed by atoms with Crippen molar-refractivity contribution in [2.75, 3.05) is 10.6 Å². The van der Waals surface area contributed by atoms with Crippen molar-refractivity contribution in [1.82, 2.24) is 10.6 Å². The molecule has 0 radical (unpaired) electrons. The van der Waals surface area contributed by atoms with Crippen LogP contribution in [0.4, 0.5) is 11.4 Å². The third-order valence-electron chi connectivity index (χ3n) is 8.25. The Labute approximate surface area is 303 Å². The fourth-order valence-electron chi connectivity index (χ4n) is 5.56. The number of benzene rings is 5. The molecule has 0 aliphatic carbocycles. The van der Waals surface area contributed by atoms with Crippen LogP contribution in [0.3, 0.4) is 0 Å². The van der Waals surface area contributed by atoms with Crippen LogP contribution in [0, 0.1) is 11.8 Å². The van der Waals surface area contributed by atoms with Crippen molar-refractivity contribution < 1.29 is 19.1 Å². The predicted octanol–water partition coefficient (Wildman–Crippen LogP) is 8.10. The summed E-state index contributed by atoms with van der Waals surface area (Å²) in [5.41, 5.74) is 3.35. The summed E-state index contributed by atoms with van der Waals surface area (Å²) < 4.78 is 11.3. The Balaban J connectivity index is 1.34. The van der Waals surface area contributed by atoms with E-state index in [0.29, 0.717) is 10.2 Å². The van der Waals surface area contributed by atoms with Gasteiger partial charge in [-0.15, -0.1) is 0 Å². The summed E-state index contributed by atoms with van der Waals surface area (Å²) in [5.74, 6) is -0.930. The molecule has 0 aromatic heterocycles. The van der Waals surface area contributed by atoms with Crippen molar-refractivity contribution >= 4 is 79.5 Å². The van der Waals surface area contributed by atoms with E-state index in [1.807, 2.05) is 131 Å². The molecule has 0 saturated heterocycles. The SMILES string of the molecule is CC(C)C(NC(=S)Nc1cccc2c(NC(=S)NC(C(=O)OCc3ccccc3)C(C)C)c3ccccc3cc12)C(=O)OCc1ccccc1. The molecule has 0 amide bonds. The molecule has 5 aromatic rings. The quantitative estimate of drug-likeness (QED) is 0.0579.